The topological polar surface area (TPSA) is 48.0 Å². The largest absolute Gasteiger partial charge is 0.497 e. The van der Waals surface area contributed by atoms with Crippen LogP contribution in [0.15, 0.2) is 84.9 Å². The minimum Gasteiger partial charge on any atom is -0.497 e. The normalized spacial score (nSPS) is 16.1. The summed E-state index contributed by atoms with van der Waals surface area (Å²) in [6, 6.07) is 24.5. The van der Waals surface area contributed by atoms with Crippen LogP contribution in [0, 0.1) is 0 Å². The van der Waals surface area contributed by atoms with Gasteiger partial charge in [-0.2, -0.15) is 0 Å². The number of rotatable bonds is 5. The molecule has 29 heavy (non-hydrogen) atoms. The van der Waals surface area contributed by atoms with Gasteiger partial charge in [-0.1, -0.05) is 30.3 Å². The summed E-state index contributed by atoms with van der Waals surface area (Å²) < 4.78 is 16.8. The van der Waals surface area contributed by atoms with E-state index >= 15 is 0 Å². The fourth-order valence-electron chi connectivity index (χ4n) is 3.25. The Hall–Kier alpha value is -3.73. The van der Waals surface area contributed by atoms with Crippen LogP contribution >= 0.6 is 0 Å². The van der Waals surface area contributed by atoms with E-state index in [1.807, 2.05) is 78.9 Å². The summed E-state index contributed by atoms with van der Waals surface area (Å²) in [5.74, 6) is 1.86. The van der Waals surface area contributed by atoms with E-state index in [1.54, 1.807) is 19.1 Å². The number of methoxy groups -OCH3 is 2. The Balaban J connectivity index is 1.76. The number of carbonyl (C=O) groups excluding carboxylic acids is 1. The first-order valence-corrected chi connectivity index (χ1v) is 9.24. The van der Waals surface area contributed by atoms with Crippen molar-refractivity contribution in [2.75, 3.05) is 19.1 Å². The molecule has 1 aliphatic rings. The molecule has 0 aromatic heterocycles. The van der Waals surface area contributed by atoms with Crippen LogP contribution in [-0.4, -0.2) is 20.1 Å². The second-order valence-electron chi connectivity index (χ2n) is 6.52. The van der Waals surface area contributed by atoms with Gasteiger partial charge in [-0.25, -0.2) is 0 Å². The molecule has 0 aliphatic carbocycles. The number of carbonyl (C=O) groups is 1. The van der Waals surface area contributed by atoms with Crippen LogP contribution in [0.1, 0.15) is 17.4 Å². The van der Waals surface area contributed by atoms with Crippen molar-refractivity contribution in [2.24, 2.45) is 0 Å². The third-order valence-corrected chi connectivity index (χ3v) is 4.77. The van der Waals surface area contributed by atoms with Gasteiger partial charge in [0.1, 0.15) is 17.3 Å². The zero-order valence-corrected chi connectivity index (χ0v) is 16.2. The fraction of sp³-hybridized carbons (Fsp3) is 0.125. The molecule has 0 radical (unpaired) electrons. The molecule has 1 aliphatic heterocycles. The number of benzene rings is 3. The maximum atomic E-state index is 13.2. The molecule has 5 heteroatoms. The molecule has 0 fully saturated rings. The number of hydrogen-bond donors (Lipinski definition) is 0. The molecule has 1 heterocycles. The number of hydrogen-bond acceptors (Lipinski definition) is 4. The number of ether oxygens (including phenoxy) is 3. The Morgan fingerprint density at radius 3 is 1.97 bits per heavy atom. The zero-order chi connectivity index (χ0) is 20.2. The molecule has 1 atom stereocenters. The third kappa shape index (κ3) is 3.80. The molecular formula is C24H21NO4. The van der Waals surface area contributed by atoms with Crippen molar-refractivity contribution < 1.29 is 19.0 Å². The molecular weight excluding hydrogens is 366 g/mol. The standard InChI is InChI=1S/C24H21NO4/c1-27-20-12-8-18(9-13-20)24-25(19-10-14-21(28-2)15-11-19)23(26)16-22(29-24)17-6-4-3-5-7-17/h3-16,24H,1-2H3. The molecule has 146 valence electrons. The fourth-order valence-corrected chi connectivity index (χ4v) is 3.25. The molecule has 4 rings (SSSR count). The van der Waals surface area contributed by atoms with Crippen LogP contribution in [0.4, 0.5) is 5.69 Å². The van der Waals surface area contributed by atoms with E-state index in [-0.39, 0.29) is 5.91 Å². The van der Waals surface area contributed by atoms with Crippen molar-refractivity contribution in [3.63, 3.8) is 0 Å². The lowest BCUT2D eigenvalue weighted by Gasteiger charge is -2.36. The first kappa shape index (κ1) is 18.6. The molecule has 0 N–H and O–H groups in total. The summed E-state index contributed by atoms with van der Waals surface area (Å²) in [5, 5.41) is 0. The highest BCUT2D eigenvalue weighted by atomic mass is 16.5. The van der Waals surface area contributed by atoms with Gasteiger partial charge in [-0.3, -0.25) is 9.69 Å². The van der Waals surface area contributed by atoms with E-state index in [2.05, 4.69) is 0 Å². The van der Waals surface area contributed by atoms with Crippen molar-refractivity contribution in [2.45, 2.75) is 6.23 Å². The summed E-state index contributed by atoms with van der Waals surface area (Å²) in [4.78, 5) is 14.8. The Morgan fingerprint density at radius 1 is 0.793 bits per heavy atom. The molecule has 0 saturated heterocycles. The first-order chi connectivity index (χ1) is 14.2. The average molecular weight is 387 g/mol. The van der Waals surface area contributed by atoms with Gasteiger partial charge < -0.3 is 14.2 Å². The predicted molar refractivity (Wildman–Crippen MR) is 112 cm³/mol. The highest BCUT2D eigenvalue weighted by Crippen LogP contribution is 2.37. The van der Waals surface area contributed by atoms with Crippen molar-refractivity contribution >= 4 is 17.4 Å². The van der Waals surface area contributed by atoms with Gasteiger partial charge in [0.25, 0.3) is 5.91 Å². The van der Waals surface area contributed by atoms with E-state index < -0.39 is 6.23 Å². The number of amides is 1. The molecule has 1 amide bonds. The lowest BCUT2D eigenvalue weighted by Crippen LogP contribution is -2.38. The summed E-state index contributed by atoms with van der Waals surface area (Å²) >= 11 is 0. The monoisotopic (exact) mass is 387 g/mol. The molecule has 0 saturated carbocycles. The van der Waals surface area contributed by atoms with E-state index in [0.717, 1.165) is 28.3 Å². The van der Waals surface area contributed by atoms with Gasteiger partial charge in [0.05, 0.1) is 14.2 Å². The van der Waals surface area contributed by atoms with Crippen molar-refractivity contribution in [3.05, 3.63) is 96.1 Å². The van der Waals surface area contributed by atoms with Crippen molar-refractivity contribution in [3.8, 4) is 11.5 Å². The minimum atomic E-state index is -0.609. The molecule has 1 unspecified atom stereocenters. The zero-order valence-electron chi connectivity index (χ0n) is 16.2. The second kappa shape index (κ2) is 8.10. The Bertz CT molecular complexity index is 1010. The lowest BCUT2D eigenvalue weighted by molar-refractivity contribution is -0.117. The van der Waals surface area contributed by atoms with Crippen LogP contribution in [0.25, 0.3) is 5.76 Å². The smallest absolute Gasteiger partial charge is 0.257 e. The van der Waals surface area contributed by atoms with Gasteiger partial charge >= 0.3 is 0 Å². The number of nitrogens with zero attached hydrogens (tertiary/aromatic N) is 1. The number of anilines is 1. The second-order valence-corrected chi connectivity index (χ2v) is 6.52. The van der Waals surface area contributed by atoms with Gasteiger partial charge in [0, 0.05) is 22.9 Å². The quantitative estimate of drug-likeness (QED) is 0.631. The highest BCUT2D eigenvalue weighted by Gasteiger charge is 2.33. The van der Waals surface area contributed by atoms with E-state index in [4.69, 9.17) is 14.2 Å². The van der Waals surface area contributed by atoms with E-state index in [9.17, 15) is 4.79 Å². The van der Waals surface area contributed by atoms with Crippen LogP contribution in [0.3, 0.4) is 0 Å². The average Bonchev–Trinajstić information content (AvgIpc) is 2.79. The molecule has 5 nitrogen and oxygen atoms in total. The summed E-state index contributed by atoms with van der Waals surface area (Å²) in [5.41, 5.74) is 2.42. The van der Waals surface area contributed by atoms with Crippen molar-refractivity contribution in [1.82, 2.24) is 0 Å². The van der Waals surface area contributed by atoms with E-state index in [0.29, 0.717) is 5.76 Å². The Morgan fingerprint density at radius 2 is 1.38 bits per heavy atom. The van der Waals surface area contributed by atoms with Gasteiger partial charge in [-0.15, -0.1) is 0 Å². The Labute approximate surface area is 169 Å². The van der Waals surface area contributed by atoms with Gasteiger partial charge in [0.15, 0.2) is 0 Å². The summed E-state index contributed by atoms with van der Waals surface area (Å²) in [7, 11) is 3.23. The maximum absolute atomic E-state index is 13.2. The Kier molecular flexibility index (Phi) is 5.20. The molecule has 3 aromatic rings. The minimum absolute atomic E-state index is 0.152. The van der Waals surface area contributed by atoms with Gasteiger partial charge in [0.2, 0.25) is 6.23 Å². The third-order valence-electron chi connectivity index (χ3n) is 4.77. The molecule has 0 spiro atoms. The predicted octanol–water partition coefficient (Wildman–Crippen LogP) is 4.81. The first-order valence-electron chi connectivity index (χ1n) is 9.24. The van der Waals surface area contributed by atoms with Crippen LogP contribution in [0.5, 0.6) is 11.5 Å². The van der Waals surface area contributed by atoms with E-state index in [1.165, 1.54) is 6.08 Å². The summed E-state index contributed by atoms with van der Waals surface area (Å²) in [6.07, 6.45) is 0.918. The van der Waals surface area contributed by atoms with Crippen LogP contribution < -0.4 is 14.4 Å². The summed E-state index contributed by atoms with van der Waals surface area (Å²) in [6.45, 7) is 0. The molecule has 3 aromatic carbocycles. The highest BCUT2D eigenvalue weighted by molar-refractivity contribution is 6.06. The van der Waals surface area contributed by atoms with Gasteiger partial charge in [-0.05, 0) is 48.5 Å². The SMILES string of the molecule is COc1ccc(C2OC(c3ccccc3)=CC(=O)N2c2ccc(OC)cc2)cc1. The lowest BCUT2D eigenvalue weighted by atomic mass is 10.1. The van der Waals surface area contributed by atoms with Crippen LogP contribution in [0.2, 0.25) is 0 Å². The maximum Gasteiger partial charge on any atom is 0.257 e. The molecule has 0 bridgehead atoms. The van der Waals surface area contributed by atoms with Crippen molar-refractivity contribution in [1.29, 1.82) is 0 Å². The van der Waals surface area contributed by atoms with Crippen LogP contribution in [-0.2, 0) is 9.53 Å².